The van der Waals surface area contributed by atoms with E-state index in [-0.39, 0.29) is 23.9 Å². The van der Waals surface area contributed by atoms with E-state index < -0.39 is 0 Å². The van der Waals surface area contributed by atoms with Crippen LogP contribution in [0, 0.1) is 23.2 Å². The summed E-state index contributed by atoms with van der Waals surface area (Å²) < 4.78 is 5.30. The third-order valence-corrected chi connectivity index (χ3v) is 7.50. The summed E-state index contributed by atoms with van der Waals surface area (Å²) in [5.41, 5.74) is 0.175. The third kappa shape index (κ3) is 4.87. The van der Waals surface area contributed by atoms with E-state index >= 15 is 0 Å². The fraction of sp³-hybridized carbons (Fsp3) is 0.636. The van der Waals surface area contributed by atoms with Gasteiger partial charge in [0, 0.05) is 17.2 Å². The average molecular weight is 388 g/mol. The van der Waals surface area contributed by atoms with Crippen LogP contribution in [-0.4, -0.2) is 30.8 Å². The highest BCUT2D eigenvalue weighted by Gasteiger charge is 2.51. The lowest BCUT2D eigenvalue weighted by Crippen LogP contribution is -2.47. The number of benzene rings is 1. The number of rotatable bonds is 8. The van der Waals surface area contributed by atoms with Crippen LogP contribution in [0.25, 0.3) is 0 Å². The molecular formula is C22H29NO3S. The predicted molar refractivity (Wildman–Crippen MR) is 106 cm³/mol. The van der Waals surface area contributed by atoms with Gasteiger partial charge in [0.2, 0.25) is 0 Å². The zero-order valence-corrected chi connectivity index (χ0v) is 16.6. The zero-order valence-electron chi connectivity index (χ0n) is 15.8. The molecule has 4 aliphatic rings. The summed E-state index contributed by atoms with van der Waals surface area (Å²) in [6, 6.07) is 10.1. The topological polar surface area (TPSA) is 55.4 Å². The molecule has 0 heterocycles. The van der Waals surface area contributed by atoms with Crippen LogP contribution < -0.4 is 5.32 Å². The molecule has 0 atom stereocenters. The fourth-order valence-electron chi connectivity index (χ4n) is 5.94. The van der Waals surface area contributed by atoms with Crippen LogP contribution in [0.4, 0.5) is 0 Å². The first kappa shape index (κ1) is 18.9. The molecular weight excluding hydrogens is 358 g/mol. The van der Waals surface area contributed by atoms with E-state index in [0.717, 1.165) is 23.5 Å². The van der Waals surface area contributed by atoms with Gasteiger partial charge < -0.3 is 10.1 Å². The summed E-state index contributed by atoms with van der Waals surface area (Å²) in [6.07, 6.45) is 8.20. The molecule has 4 saturated carbocycles. The van der Waals surface area contributed by atoms with Gasteiger partial charge in [-0.3, -0.25) is 9.59 Å². The second-order valence-corrected chi connectivity index (χ2v) is 9.93. The summed E-state index contributed by atoms with van der Waals surface area (Å²) >= 11 is 1.70. The Hall–Kier alpha value is -1.49. The monoisotopic (exact) mass is 387 g/mol. The average Bonchev–Trinajstić information content (AvgIpc) is 2.63. The predicted octanol–water partition coefficient (Wildman–Crippen LogP) is 4.04. The zero-order chi connectivity index (χ0) is 18.7. The van der Waals surface area contributed by atoms with Crippen LogP contribution in [0.1, 0.15) is 44.9 Å². The van der Waals surface area contributed by atoms with Gasteiger partial charge in [0.1, 0.15) is 0 Å². The molecule has 4 nitrogen and oxygen atoms in total. The molecule has 27 heavy (non-hydrogen) atoms. The van der Waals surface area contributed by atoms with E-state index in [2.05, 4.69) is 17.4 Å². The van der Waals surface area contributed by atoms with Gasteiger partial charge >= 0.3 is 5.97 Å². The van der Waals surface area contributed by atoms with Gasteiger partial charge in [-0.25, -0.2) is 0 Å². The molecule has 146 valence electrons. The maximum absolute atomic E-state index is 12.3. The SMILES string of the molecule is O=C(COC(=O)CC12CC3CC(CC(C3)C1)C2)NCCSc1ccccc1. The van der Waals surface area contributed by atoms with Crippen LogP contribution in [0.2, 0.25) is 0 Å². The highest BCUT2D eigenvalue weighted by atomic mass is 32.2. The van der Waals surface area contributed by atoms with Crippen LogP contribution in [0.3, 0.4) is 0 Å². The first-order valence-electron chi connectivity index (χ1n) is 10.2. The largest absolute Gasteiger partial charge is 0.456 e. The normalized spacial score (nSPS) is 30.9. The second kappa shape index (κ2) is 8.26. The molecule has 0 radical (unpaired) electrons. The third-order valence-electron chi connectivity index (χ3n) is 6.48. The smallest absolute Gasteiger partial charge is 0.306 e. The molecule has 5 rings (SSSR count). The van der Waals surface area contributed by atoms with Gasteiger partial charge in [0.25, 0.3) is 5.91 Å². The van der Waals surface area contributed by atoms with Crippen molar-refractivity contribution < 1.29 is 14.3 Å². The van der Waals surface area contributed by atoms with Crippen molar-refractivity contribution in [2.75, 3.05) is 18.9 Å². The maximum Gasteiger partial charge on any atom is 0.306 e. The molecule has 1 aromatic carbocycles. The minimum atomic E-state index is -0.206. The Kier molecular flexibility index (Phi) is 5.76. The molecule has 0 unspecified atom stereocenters. The van der Waals surface area contributed by atoms with Gasteiger partial charge in [0.05, 0.1) is 6.42 Å². The number of esters is 1. The van der Waals surface area contributed by atoms with Crippen molar-refractivity contribution in [2.24, 2.45) is 23.2 Å². The van der Waals surface area contributed by atoms with Crippen LogP contribution in [0.5, 0.6) is 0 Å². The number of hydrogen-bond donors (Lipinski definition) is 1. The minimum absolute atomic E-state index is 0.152. The molecule has 4 fully saturated rings. The highest BCUT2D eigenvalue weighted by Crippen LogP contribution is 2.61. The summed E-state index contributed by atoms with van der Waals surface area (Å²) in [5.74, 6) is 2.89. The van der Waals surface area contributed by atoms with Crippen molar-refractivity contribution in [3.63, 3.8) is 0 Å². The summed E-state index contributed by atoms with van der Waals surface area (Å²) in [6.45, 7) is 0.423. The van der Waals surface area contributed by atoms with Crippen molar-refractivity contribution in [3.05, 3.63) is 30.3 Å². The van der Waals surface area contributed by atoms with Crippen molar-refractivity contribution in [2.45, 2.75) is 49.8 Å². The van der Waals surface area contributed by atoms with E-state index in [1.54, 1.807) is 11.8 Å². The lowest BCUT2D eigenvalue weighted by Gasteiger charge is -2.56. The number of carbonyl (C=O) groups is 2. The Morgan fingerprint density at radius 1 is 1.04 bits per heavy atom. The molecule has 5 heteroatoms. The number of hydrogen-bond acceptors (Lipinski definition) is 4. The molecule has 1 N–H and O–H groups in total. The van der Waals surface area contributed by atoms with Gasteiger partial charge in [0.15, 0.2) is 6.61 Å². The van der Waals surface area contributed by atoms with Crippen LogP contribution in [-0.2, 0) is 14.3 Å². The number of carbonyl (C=O) groups excluding carboxylic acids is 2. The highest BCUT2D eigenvalue weighted by molar-refractivity contribution is 7.99. The molecule has 0 spiro atoms. The quantitative estimate of drug-likeness (QED) is 0.415. The molecule has 4 bridgehead atoms. The van der Waals surface area contributed by atoms with Gasteiger partial charge in [-0.15, -0.1) is 11.8 Å². The summed E-state index contributed by atoms with van der Waals surface area (Å²) in [5, 5.41) is 2.83. The van der Waals surface area contributed by atoms with Gasteiger partial charge in [-0.1, -0.05) is 18.2 Å². The Morgan fingerprint density at radius 2 is 1.67 bits per heavy atom. The fourth-order valence-corrected chi connectivity index (χ4v) is 6.73. The van der Waals surface area contributed by atoms with Crippen LogP contribution >= 0.6 is 11.8 Å². The van der Waals surface area contributed by atoms with E-state index in [0.29, 0.717) is 13.0 Å². The maximum atomic E-state index is 12.3. The lowest BCUT2D eigenvalue weighted by molar-refractivity contribution is -0.155. The van der Waals surface area contributed by atoms with Crippen molar-refractivity contribution >= 4 is 23.6 Å². The molecule has 1 aromatic rings. The first-order valence-corrected chi connectivity index (χ1v) is 11.2. The number of thioether (sulfide) groups is 1. The molecule has 0 aromatic heterocycles. The van der Waals surface area contributed by atoms with Crippen molar-refractivity contribution in [1.29, 1.82) is 0 Å². The van der Waals surface area contributed by atoms with E-state index in [1.165, 1.54) is 43.4 Å². The first-order chi connectivity index (χ1) is 13.1. The second-order valence-electron chi connectivity index (χ2n) is 8.77. The molecule has 0 aliphatic heterocycles. The van der Waals surface area contributed by atoms with Gasteiger partial charge in [-0.05, 0) is 73.8 Å². The van der Waals surface area contributed by atoms with Crippen molar-refractivity contribution in [1.82, 2.24) is 5.32 Å². The standard InChI is InChI=1S/C22H29NO3S/c24-20(23-6-7-27-19-4-2-1-3-5-19)15-26-21(25)14-22-11-16-8-17(12-22)10-18(9-16)13-22/h1-5,16-18H,6-15H2,(H,23,24). The Bertz CT molecular complexity index is 640. The van der Waals surface area contributed by atoms with Crippen LogP contribution in [0.15, 0.2) is 35.2 Å². The van der Waals surface area contributed by atoms with E-state index in [4.69, 9.17) is 4.74 Å². The van der Waals surface area contributed by atoms with Gasteiger partial charge in [-0.2, -0.15) is 0 Å². The van der Waals surface area contributed by atoms with E-state index in [1.807, 2.05) is 18.2 Å². The Balaban J connectivity index is 1.14. The van der Waals surface area contributed by atoms with E-state index in [9.17, 15) is 9.59 Å². The number of amides is 1. The number of nitrogens with one attached hydrogen (secondary N) is 1. The number of ether oxygens (including phenoxy) is 1. The summed E-state index contributed by atoms with van der Waals surface area (Å²) in [7, 11) is 0. The van der Waals surface area contributed by atoms with Crippen molar-refractivity contribution in [3.8, 4) is 0 Å². The molecule has 1 amide bonds. The molecule has 0 saturated heterocycles. The Labute approximate surface area is 165 Å². The Morgan fingerprint density at radius 3 is 2.30 bits per heavy atom. The summed E-state index contributed by atoms with van der Waals surface area (Å²) in [4.78, 5) is 25.5. The minimum Gasteiger partial charge on any atom is -0.456 e. The molecule has 4 aliphatic carbocycles. The lowest BCUT2D eigenvalue weighted by atomic mass is 9.49.